The van der Waals surface area contributed by atoms with Gasteiger partial charge < -0.3 is 24.7 Å². The number of aldehydes is 1. The topological polar surface area (TPSA) is 120 Å². The first kappa shape index (κ1) is 29.0. The number of unbranched alkanes of at least 4 members (excludes halogenated alkanes) is 1. The van der Waals surface area contributed by atoms with Crippen molar-refractivity contribution in [2.45, 2.75) is 50.8 Å². The first-order valence-electron chi connectivity index (χ1n) is 12.2. The number of hydrogen-bond acceptors (Lipinski definition) is 8. The zero-order valence-electron chi connectivity index (χ0n) is 21.5. The van der Waals surface area contributed by atoms with Crippen molar-refractivity contribution in [3.05, 3.63) is 46.5 Å². The lowest BCUT2D eigenvalue weighted by Crippen LogP contribution is -2.45. The number of halogens is 1. The molecule has 3 rings (SSSR count). The maximum Gasteiger partial charge on any atom is 0.208 e. The standard InChI is InChI=1S/C26H36ClN3O6S/c1-34-20-12-18(13-21(14-20)35-2)17-36-26-16-24(28)23(27)15-22(26)25(6-4-5-11-31)30-9-7-19(8-10-30)29-37(3,32)33/h11-16,19,25,29H,4-10,17,28H2,1-3H3. The number of carbonyl (C=O) groups excluding carboxylic acids is 1. The third-order valence-corrected chi connectivity index (χ3v) is 7.53. The van der Waals surface area contributed by atoms with Crippen LogP contribution in [-0.2, 0) is 21.4 Å². The van der Waals surface area contributed by atoms with E-state index in [1.807, 2.05) is 18.2 Å². The van der Waals surface area contributed by atoms with Crippen molar-refractivity contribution >= 4 is 33.6 Å². The zero-order chi connectivity index (χ0) is 27.0. The van der Waals surface area contributed by atoms with Crippen LogP contribution in [0.25, 0.3) is 0 Å². The SMILES string of the molecule is COc1cc(COc2cc(N)c(Cl)cc2C(CCCC=O)N2CCC(NS(C)(=O)=O)CC2)cc(OC)c1. The lowest BCUT2D eigenvalue weighted by molar-refractivity contribution is -0.108. The smallest absolute Gasteiger partial charge is 0.208 e. The summed E-state index contributed by atoms with van der Waals surface area (Å²) in [7, 11) is -0.0823. The number of nitrogens with zero attached hydrogens (tertiary/aromatic N) is 1. The Kier molecular flexibility index (Phi) is 10.5. The van der Waals surface area contributed by atoms with E-state index in [4.69, 9.17) is 31.5 Å². The van der Waals surface area contributed by atoms with Gasteiger partial charge in [0.1, 0.15) is 30.1 Å². The summed E-state index contributed by atoms with van der Waals surface area (Å²) in [5.41, 5.74) is 8.30. The minimum atomic E-state index is -3.27. The highest BCUT2D eigenvalue weighted by molar-refractivity contribution is 7.88. The van der Waals surface area contributed by atoms with E-state index in [0.717, 1.165) is 17.4 Å². The first-order chi connectivity index (χ1) is 17.6. The summed E-state index contributed by atoms with van der Waals surface area (Å²) in [6.07, 6.45) is 5.32. The molecule has 0 saturated carbocycles. The zero-order valence-corrected chi connectivity index (χ0v) is 23.1. The van der Waals surface area contributed by atoms with Crippen molar-refractivity contribution in [2.24, 2.45) is 0 Å². The number of nitrogen functional groups attached to an aromatic ring is 1. The maximum atomic E-state index is 11.7. The number of benzene rings is 2. The summed E-state index contributed by atoms with van der Waals surface area (Å²) < 4.78 is 43.1. The molecule has 0 aromatic heterocycles. The molecule has 2 aromatic rings. The lowest BCUT2D eigenvalue weighted by atomic mass is 9.94. The molecule has 37 heavy (non-hydrogen) atoms. The van der Waals surface area contributed by atoms with E-state index < -0.39 is 10.0 Å². The maximum absolute atomic E-state index is 11.7. The van der Waals surface area contributed by atoms with Crippen molar-refractivity contribution in [1.29, 1.82) is 0 Å². The number of ether oxygens (including phenoxy) is 3. The van der Waals surface area contributed by atoms with Crippen molar-refractivity contribution in [3.8, 4) is 17.2 Å². The summed E-state index contributed by atoms with van der Waals surface area (Å²) >= 11 is 6.46. The van der Waals surface area contributed by atoms with Crippen LogP contribution >= 0.6 is 11.6 Å². The van der Waals surface area contributed by atoms with Crippen LogP contribution in [0.4, 0.5) is 5.69 Å². The third-order valence-electron chi connectivity index (χ3n) is 6.44. The number of rotatable bonds is 13. The van der Waals surface area contributed by atoms with Crippen LogP contribution in [0, 0.1) is 0 Å². The van der Waals surface area contributed by atoms with Gasteiger partial charge >= 0.3 is 0 Å². The van der Waals surface area contributed by atoms with E-state index in [0.29, 0.717) is 73.2 Å². The van der Waals surface area contributed by atoms with Crippen LogP contribution in [0.3, 0.4) is 0 Å². The fourth-order valence-electron chi connectivity index (χ4n) is 4.64. The normalized spacial score (nSPS) is 15.8. The number of piperidine rings is 1. The number of hydrogen-bond donors (Lipinski definition) is 2. The van der Waals surface area contributed by atoms with Gasteiger partial charge in [-0.05, 0) is 49.4 Å². The monoisotopic (exact) mass is 553 g/mol. The molecular weight excluding hydrogens is 518 g/mol. The van der Waals surface area contributed by atoms with Crippen molar-refractivity contribution in [1.82, 2.24) is 9.62 Å². The molecule has 1 saturated heterocycles. The molecule has 11 heteroatoms. The molecule has 9 nitrogen and oxygen atoms in total. The van der Waals surface area contributed by atoms with Gasteiger partial charge in [0.15, 0.2) is 0 Å². The fourth-order valence-corrected chi connectivity index (χ4v) is 5.66. The highest BCUT2D eigenvalue weighted by Gasteiger charge is 2.29. The Balaban J connectivity index is 1.87. The second-order valence-electron chi connectivity index (χ2n) is 9.23. The molecule has 0 amide bonds. The van der Waals surface area contributed by atoms with Gasteiger partial charge in [0.25, 0.3) is 0 Å². The Hall–Kier alpha value is -2.53. The van der Waals surface area contributed by atoms with Crippen LogP contribution in [0.1, 0.15) is 49.3 Å². The van der Waals surface area contributed by atoms with E-state index in [9.17, 15) is 13.2 Å². The van der Waals surface area contributed by atoms with Crippen molar-refractivity contribution < 1.29 is 27.4 Å². The highest BCUT2D eigenvalue weighted by Crippen LogP contribution is 2.39. The molecule has 1 atom stereocenters. The number of carbonyl (C=O) groups is 1. The molecule has 0 aliphatic carbocycles. The van der Waals surface area contributed by atoms with Gasteiger partial charge in [-0.25, -0.2) is 13.1 Å². The van der Waals surface area contributed by atoms with Crippen molar-refractivity contribution in [3.63, 3.8) is 0 Å². The molecule has 1 aliphatic heterocycles. The molecule has 3 N–H and O–H groups in total. The summed E-state index contributed by atoms with van der Waals surface area (Å²) in [4.78, 5) is 13.3. The van der Waals surface area contributed by atoms with E-state index in [1.54, 1.807) is 26.4 Å². The molecule has 2 aromatic carbocycles. The van der Waals surface area contributed by atoms with E-state index >= 15 is 0 Å². The van der Waals surface area contributed by atoms with Gasteiger partial charge in [-0.1, -0.05) is 11.6 Å². The lowest BCUT2D eigenvalue weighted by Gasteiger charge is -2.38. The number of methoxy groups -OCH3 is 2. The van der Waals surface area contributed by atoms with Crippen LogP contribution in [0.5, 0.6) is 17.2 Å². The second kappa shape index (κ2) is 13.3. The molecular formula is C26H36ClN3O6S. The molecule has 0 radical (unpaired) electrons. The summed E-state index contributed by atoms with van der Waals surface area (Å²) in [6.45, 7) is 1.63. The van der Waals surface area contributed by atoms with Gasteiger partial charge in [0.2, 0.25) is 10.0 Å². The van der Waals surface area contributed by atoms with Crippen molar-refractivity contribution in [2.75, 3.05) is 39.3 Å². The molecule has 0 spiro atoms. The van der Waals surface area contributed by atoms with Gasteiger partial charge in [-0.3, -0.25) is 4.90 Å². The minimum absolute atomic E-state index is 0.0768. The molecule has 1 aliphatic rings. The predicted molar refractivity (Wildman–Crippen MR) is 145 cm³/mol. The average molecular weight is 554 g/mol. The van der Waals surface area contributed by atoms with Gasteiger partial charge in [0.05, 0.1) is 31.2 Å². The summed E-state index contributed by atoms with van der Waals surface area (Å²) in [5.74, 6) is 1.92. The Morgan fingerprint density at radius 1 is 1.14 bits per heavy atom. The number of likely N-dealkylation sites (tertiary alicyclic amines) is 1. The Labute approximate surface area is 224 Å². The van der Waals surface area contributed by atoms with Crippen LogP contribution in [0.15, 0.2) is 30.3 Å². The number of nitrogens with one attached hydrogen (secondary N) is 1. The van der Waals surface area contributed by atoms with Crippen LogP contribution in [0.2, 0.25) is 5.02 Å². The van der Waals surface area contributed by atoms with Crippen LogP contribution < -0.4 is 24.7 Å². The molecule has 1 fully saturated rings. The van der Waals surface area contributed by atoms with Gasteiger partial charge in [-0.2, -0.15) is 0 Å². The van der Waals surface area contributed by atoms with Gasteiger partial charge in [0, 0.05) is 49.3 Å². The minimum Gasteiger partial charge on any atom is -0.497 e. The van der Waals surface area contributed by atoms with Crippen LogP contribution in [-0.4, -0.2) is 59.2 Å². The molecule has 1 heterocycles. The van der Waals surface area contributed by atoms with E-state index in [-0.39, 0.29) is 18.7 Å². The largest absolute Gasteiger partial charge is 0.497 e. The Bertz CT molecular complexity index is 1150. The van der Waals surface area contributed by atoms with Gasteiger partial charge in [-0.15, -0.1) is 0 Å². The number of anilines is 1. The molecule has 204 valence electrons. The molecule has 0 bridgehead atoms. The summed E-state index contributed by atoms with van der Waals surface area (Å²) in [6, 6.07) is 8.94. The van der Waals surface area contributed by atoms with E-state index in [1.165, 1.54) is 6.26 Å². The Morgan fingerprint density at radius 2 is 1.78 bits per heavy atom. The Morgan fingerprint density at radius 3 is 2.35 bits per heavy atom. The van der Waals surface area contributed by atoms with E-state index in [2.05, 4.69) is 9.62 Å². The number of sulfonamides is 1. The summed E-state index contributed by atoms with van der Waals surface area (Å²) in [5, 5.41) is 0.430. The predicted octanol–water partition coefficient (Wildman–Crippen LogP) is 3.94. The highest BCUT2D eigenvalue weighted by atomic mass is 35.5. The second-order valence-corrected chi connectivity index (χ2v) is 11.4. The molecule has 1 unspecified atom stereocenters. The number of nitrogens with two attached hydrogens (primary N) is 1. The third kappa shape index (κ3) is 8.49. The first-order valence-corrected chi connectivity index (χ1v) is 14.5. The quantitative estimate of drug-likeness (QED) is 0.217. The fraction of sp³-hybridized carbons (Fsp3) is 0.500. The average Bonchev–Trinajstić information content (AvgIpc) is 2.86.